The van der Waals surface area contributed by atoms with Gasteiger partial charge in [-0.2, -0.15) is 0 Å². The monoisotopic (exact) mass is 328 g/mol. The lowest BCUT2D eigenvalue weighted by Gasteiger charge is -2.21. The van der Waals surface area contributed by atoms with Gasteiger partial charge in [0.25, 0.3) is 0 Å². The number of anilines is 1. The summed E-state index contributed by atoms with van der Waals surface area (Å²) in [5.41, 5.74) is 0.449. The predicted octanol–water partition coefficient (Wildman–Crippen LogP) is 2.69. The first-order valence-electron chi connectivity index (χ1n) is 8.11. The van der Waals surface area contributed by atoms with Crippen LogP contribution in [0.25, 0.3) is 10.8 Å². The average Bonchev–Trinajstić information content (AvgIpc) is 2.59. The van der Waals surface area contributed by atoms with Crippen molar-refractivity contribution in [2.75, 3.05) is 18.5 Å². The molecule has 5 heteroatoms. The fourth-order valence-corrected chi connectivity index (χ4v) is 2.44. The molecule has 2 aromatic rings. The van der Waals surface area contributed by atoms with Crippen molar-refractivity contribution < 1.29 is 14.7 Å². The fourth-order valence-electron chi connectivity index (χ4n) is 2.44. The Balaban J connectivity index is 1.89. The summed E-state index contributed by atoms with van der Waals surface area (Å²) in [4.78, 5) is 23.9. The van der Waals surface area contributed by atoms with Crippen LogP contribution < -0.4 is 10.6 Å². The zero-order chi connectivity index (χ0) is 17.6. The summed E-state index contributed by atoms with van der Waals surface area (Å²) in [6, 6.07) is 13.2. The largest absolute Gasteiger partial charge is 0.396 e. The molecule has 0 saturated heterocycles. The maximum Gasteiger partial charge on any atom is 0.313 e. The molecule has 0 fully saturated rings. The molecule has 0 aromatic heterocycles. The molecule has 0 heterocycles. The molecular formula is C19H24N2O3. The van der Waals surface area contributed by atoms with Crippen LogP contribution in [0.5, 0.6) is 0 Å². The molecule has 128 valence electrons. The van der Waals surface area contributed by atoms with Crippen molar-refractivity contribution in [1.82, 2.24) is 5.32 Å². The highest BCUT2D eigenvalue weighted by Crippen LogP contribution is 2.23. The number of aliphatic hydroxyl groups is 1. The van der Waals surface area contributed by atoms with Crippen LogP contribution in [0.4, 0.5) is 5.69 Å². The number of aliphatic hydroxyl groups excluding tert-OH is 1. The van der Waals surface area contributed by atoms with Crippen LogP contribution in [-0.4, -0.2) is 30.1 Å². The zero-order valence-corrected chi connectivity index (χ0v) is 14.1. The molecule has 3 N–H and O–H groups in total. The predicted molar refractivity (Wildman–Crippen MR) is 95.7 cm³/mol. The third-order valence-corrected chi connectivity index (χ3v) is 3.99. The molecular weight excluding hydrogens is 304 g/mol. The van der Waals surface area contributed by atoms with Crippen molar-refractivity contribution in [2.45, 2.75) is 26.7 Å². The number of rotatable bonds is 6. The van der Waals surface area contributed by atoms with Crippen molar-refractivity contribution in [3.05, 3.63) is 42.5 Å². The van der Waals surface area contributed by atoms with Crippen LogP contribution in [0.3, 0.4) is 0 Å². The summed E-state index contributed by atoms with van der Waals surface area (Å²) in [6.07, 6.45) is 1.48. The second kappa shape index (κ2) is 7.93. The molecule has 2 rings (SSSR count). The van der Waals surface area contributed by atoms with Crippen molar-refractivity contribution >= 4 is 28.3 Å². The van der Waals surface area contributed by atoms with Gasteiger partial charge < -0.3 is 15.7 Å². The number of benzene rings is 2. The summed E-state index contributed by atoms with van der Waals surface area (Å²) < 4.78 is 0. The molecule has 0 aliphatic carbocycles. The Morgan fingerprint density at radius 2 is 1.75 bits per heavy atom. The van der Waals surface area contributed by atoms with Crippen LogP contribution in [0.2, 0.25) is 0 Å². The third-order valence-electron chi connectivity index (χ3n) is 3.99. The summed E-state index contributed by atoms with van der Waals surface area (Å²) in [5, 5.41) is 16.4. The second-order valence-corrected chi connectivity index (χ2v) is 6.66. The van der Waals surface area contributed by atoms with Gasteiger partial charge in [0.15, 0.2) is 0 Å². The SMILES string of the molecule is CC(C)(CO)CCCNC(=O)C(=O)Nc1cccc2ccccc12. The molecule has 24 heavy (non-hydrogen) atoms. The minimum absolute atomic E-state index is 0.0997. The number of carbonyl (C=O) groups excluding carboxylic acids is 2. The van der Waals surface area contributed by atoms with Crippen LogP contribution in [-0.2, 0) is 9.59 Å². The van der Waals surface area contributed by atoms with Crippen LogP contribution in [0, 0.1) is 5.41 Å². The van der Waals surface area contributed by atoms with Gasteiger partial charge in [-0.1, -0.05) is 50.2 Å². The Morgan fingerprint density at radius 1 is 1.04 bits per heavy atom. The van der Waals surface area contributed by atoms with E-state index in [1.807, 2.05) is 50.2 Å². The van der Waals surface area contributed by atoms with E-state index < -0.39 is 11.8 Å². The zero-order valence-electron chi connectivity index (χ0n) is 14.1. The molecule has 0 aliphatic heterocycles. The molecule has 0 atom stereocenters. The number of carbonyl (C=O) groups is 2. The van der Waals surface area contributed by atoms with Gasteiger partial charge in [0.2, 0.25) is 0 Å². The first kappa shape index (κ1) is 17.9. The molecule has 0 aliphatic rings. The normalized spacial score (nSPS) is 11.3. The lowest BCUT2D eigenvalue weighted by molar-refractivity contribution is -0.136. The van der Waals surface area contributed by atoms with Crippen molar-refractivity contribution in [1.29, 1.82) is 0 Å². The van der Waals surface area contributed by atoms with Crippen molar-refractivity contribution in [3.63, 3.8) is 0 Å². The summed E-state index contributed by atoms with van der Waals surface area (Å²) in [7, 11) is 0. The van der Waals surface area contributed by atoms with Gasteiger partial charge in [0.1, 0.15) is 0 Å². The lowest BCUT2D eigenvalue weighted by atomic mass is 9.89. The molecule has 0 unspecified atom stereocenters. The lowest BCUT2D eigenvalue weighted by Crippen LogP contribution is -2.36. The van der Waals surface area contributed by atoms with E-state index in [1.54, 1.807) is 6.07 Å². The Hall–Kier alpha value is -2.40. The quantitative estimate of drug-likeness (QED) is 0.563. The molecule has 0 bridgehead atoms. The maximum atomic E-state index is 12.0. The van der Waals surface area contributed by atoms with Gasteiger partial charge in [0.05, 0.1) is 0 Å². The van der Waals surface area contributed by atoms with E-state index in [-0.39, 0.29) is 12.0 Å². The second-order valence-electron chi connectivity index (χ2n) is 6.66. The highest BCUT2D eigenvalue weighted by molar-refractivity contribution is 6.40. The van der Waals surface area contributed by atoms with Gasteiger partial charge in [-0.15, -0.1) is 0 Å². The standard InChI is InChI=1S/C19H24N2O3/c1-19(2,13-22)11-6-12-20-17(23)18(24)21-16-10-5-8-14-7-3-4-9-15(14)16/h3-5,7-10,22H,6,11-13H2,1-2H3,(H,20,23)(H,21,24). The van der Waals surface area contributed by atoms with Crippen molar-refractivity contribution in [2.24, 2.45) is 5.41 Å². The molecule has 5 nitrogen and oxygen atoms in total. The molecule has 2 aromatic carbocycles. The van der Waals surface area contributed by atoms with Crippen LogP contribution >= 0.6 is 0 Å². The smallest absolute Gasteiger partial charge is 0.313 e. The van der Waals surface area contributed by atoms with Gasteiger partial charge in [-0.05, 0) is 29.7 Å². The highest BCUT2D eigenvalue weighted by atomic mass is 16.3. The van der Waals surface area contributed by atoms with Crippen LogP contribution in [0.15, 0.2) is 42.5 Å². The van der Waals surface area contributed by atoms with Gasteiger partial charge in [-0.25, -0.2) is 0 Å². The van der Waals surface area contributed by atoms with E-state index in [1.165, 1.54) is 0 Å². The molecule has 0 radical (unpaired) electrons. The molecule has 2 amide bonds. The van der Waals surface area contributed by atoms with E-state index in [2.05, 4.69) is 10.6 Å². The maximum absolute atomic E-state index is 12.0. The minimum atomic E-state index is -0.673. The third kappa shape index (κ3) is 4.80. The first-order chi connectivity index (χ1) is 11.4. The number of hydrogen-bond acceptors (Lipinski definition) is 3. The highest BCUT2D eigenvalue weighted by Gasteiger charge is 2.17. The Morgan fingerprint density at radius 3 is 2.50 bits per heavy atom. The Kier molecular flexibility index (Phi) is 5.93. The van der Waals surface area contributed by atoms with Crippen molar-refractivity contribution in [3.8, 4) is 0 Å². The topological polar surface area (TPSA) is 78.4 Å². The minimum Gasteiger partial charge on any atom is -0.396 e. The summed E-state index contributed by atoms with van der Waals surface area (Å²) in [5.74, 6) is -1.32. The van der Waals surface area contributed by atoms with E-state index in [0.717, 1.165) is 17.2 Å². The van der Waals surface area contributed by atoms with E-state index in [9.17, 15) is 14.7 Å². The van der Waals surface area contributed by atoms with E-state index in [4.69, 9.17) is 0 Å². The number of amides is 2. The van der Waals surface area contributed by atoms with E-state index in [0.29, 0.717) is 18.7 Å². The Labute approximate surface area is 142 Å². The first-order valence-corrected chi connectivity index (χ1v) is 8.11. The van der Waals surface area contributed by atoms with Crippen LogP contribution in [0.1, 0.15) is 26.7 Å². The number of nitrogens with one attached hydrogen (secondary N) is 2. The Bertz CT molecular complexity index is 720. The average molecular weight is 328 g/mol. The summed E-state index contributed by atoms with van der Waals surface area (Å²) >= 11 is 0. The van der Waals surface area contributed by atoms with Gasteiger partial charge in [0, 0.05) is 24.2 Å². The fraction of sp³-hybridized carbons (Fsp3) is 0.368. The molecule has 0 spiro atoms. The number of fused-ring (bicyclic) bond motifs is 1. The molecule has 0 saturated carbocycles. The van der Waals surface area contributed by atoms with E-state index >= 15 is 0 Å². The summed E-state index contributed by atoms with van der Waals surface area (Å²) in [6.45, 7) is 4.43. The number of hydrogen-bond donors (Lipinski definition) is 3. The van der Waals surface area contributed by atoms with Gasteiger partial charge in [-0.3, -0.25) is 9.59 Å². The van der Waals surface area contributed by atoms with Gasteiger partial charge >= 0.3 is 11.8 Å².